The van der Waals surface area contributed by atoms with Gasteiger partial charge in [-0.15, -0.1) is 0 Å². The normalized spacial score (nSPS) is 30.0. The van der Waals surface area contributed by atoms with Crippen LogP contribution in [0.4, 0.5) is 0 Å². The van der Waals surface area contributed by atoms with Gasteiger partial charge in [-0.25, -0.2) is 0 Å². The molecular formula is C15H30N2. The fourth-order valence-electron chi connectivity index (χ4n) is 4.13. The molecular weight excluding hydrogens is 208 g/mol. The molecule has 2 heteroatoms. The van der Waals surface area contributed by atoms with E-state index in [1.54, 1.807) is 0 Å². The Kier molecular flexibility index (Phi) is 4.48. The van der Waals surface area contributed by atoms with Crippen LogP contribution in [0.1, 0.15) is 58.8 Å². The Morgan fingerprint density at radius 3 is 2.53 bits per heavy atom. The monoisotopic (exact) mass is 238 g/mol. The lowest BCUT2D eigenvalue weighted by molar-refractivity contribution is 0.105. The molecule has 1 saturated carbocycles. The van der Waals surface area contributed by atoms with Crippen molar-refractivity contribution < 1.29 is 0 Å². The fourth-order valence-corrected chi connectivity index (χ4v) is 4.13. The van der Waals surface area contributed by atoms with Gasteiger partial charge in [-0.05, 0) is 50.0 Å². The van der Waals surface area contributed by atoms with Crippen molar-refractivity contribution in [1.82, 2.24) is 4.90 Å². The largest absolute Gasteiger partial charge is 0.327 e. The number of hydrogen-bond donors (Lipinski definition) is 1. The van der Waals surface area contributed by atoms with Gasteiger partial charge in [0.15, 0.2) is 0 Å². The van der Waals surface area contributed by atoms with E-state index in [1.165, 1.54) is 58.0 Å². The van der Waals surface area contributed by atoms with Gasteiger partial charge in [0, 0.05) is 19.1 Å². The van der Waals surface area contributed by atoms with Crippen LogP contribution in [0, 0.1) is 11.3 Å². The van der Waals surface area contributed by atoms with Crippen molar-refractivity contribution in [2.45, 2.75) is 64.8 Å². The average molecular weight is 238 g/mol. The molecule has 1 heterocycles. The standard InChI is InChI=1S/C15H30N2/c1-13(2)10-15(7-3-4-8-15)12-17-9-5-6-14(16)11-17/h13-14H,3-12,16H2,1-2H3. The van der Waals surface area contributed by atoms with Crippen molar-refractivity contribution in [3.8, 4) is 0 Å². The van der Waals surface area contributed by atoms with Crippen LogP contribution >= 0.6 is 0 Å². The molecule has 0 amide bonds. The van der Waals surface area contributed by atoms with E-state index < -0.39 is 0 Å². The molecule has 1 saturated heterocycles. The van der Waals surface area contributed by atoms with Crippen molar-refractivity contribution in [3.05, 3.63) is 0 Å². The molecule has 1 unspecified atom stereocenters. The molecule has 2 aliphatic rings. The molecule has 2 N–H and O–H groups in total. The Labute approximate surface area is 107 Å². The minimum absolute atomic E-state index is 0.432. The lowest BCUT2D eigenvalue weighted by Gasteiger charge is -2.39. The Morgan fingerprint density at radius 1 is 1.24 bits per heavy atom. The van der Waals surface area contributed by atoms with Crippen molar-refractivity contribution in [2.75, 3.05) is 19.6 Å². The highest BCUT2D eigenvalue weighted by atomic mass is 15.2. The molecule has 2 rings (SSSR count). The first kappa shape index (κ1) is 13.4. The SMILES string of the molecule is CC(C)CC1(CN2CCCC(N)C2)CCCC1. The first-order valence-corrected chi connectivity index (χ1v) is 7.58. The maximum absolute atomic E-state index is 6.10. The van der Waals surface area contributed by atoms with Gasteiger partial charge in [-0.2, -0.15) is 0 Å². The second-order valence-corrected chi connectivity index (χ2v) is 6.94. The topological polar surface area (TPSA) is 29.3 Å². The van der Waals surface area contributed by atoms with E-state index in [0.29, 0.717) is 11.5 Å². The summed E-state index contributed by atoms with van der Waals surface area (Å²) >= 11 is 0. The minimum Gasteiger partial charge on any atom is -0.327 e. The van der Waals surface area contributed by atoms with Gasteiger partial charge in [0.25, 0.3) is 0 Å². The summed E-state index contributed by atoms with van der Waals surface area (Å²) < 4.78 is 0. The zero-order chi connectivity index (χ0) is 12.3. The van der Waals surface area contributed by atoms with E-state index >= 15 is 0 Å². The van der Waals surface area contributed by atoms with Crippen molar-refractivity contribution in [3.63, 3.8) is 0 Å². The second kappa shape index (κ2) is 5.71. The number of piperidine rings is 1. The highest BCUT2D eigenvalue weighted by Crippen LogP contribution is 2.44. The van der Waals surface area contributed by atoms with E-state index in [1.807, 2.05) is 0 Å². The first-order chi connectivity index (χ1) is 8.10. The number of rotatable bonds is 4. The summed E-state index contributed by atoms with van der Waals surface area (Å²) in [6, 6.07) is 0.432. The molecule has 100 valence electrons. The molecule has 0 bridgehead atoms. The number of likely N-dealkylation sites (tertiary alicyclic amines) is 1. The number of nitrogens with zero attached hydrogens (tertiary/aromatic N) is 1. The second-order valence-electron chi connectivity index (χ2n) is 6.94. The van der Waals surface area contributed by atoms with Crippen LogP contribution in [-0.2, 0) is 0 Å². The molecule has 2 nitrogen and oxygen atoms in total. The molecule has 1 aliphatic carbocycles. The van der Waals surface area contributed by atoms with Gasteiger partial charge in [0.05, 0.1) is 0 Å². The van der Waals surface area contributed by atoms with Gasteiger partial charge >= 0.3 is 0 Å². The Balaban J connectivity index is 1.92. The van der Waals surface area contributed by atoms with Crippen molar-refractivity contribution >= 4 is 0 Å². The Bertz CT molecular complexity index is 231. The van der Waals surface area contributed by atoms with Crippen LogP contribution < -0.4 is 5.73 Å². The summed E-state index contributed by atoms with van der Waals surface area (Å²) in [4.78, 5) is 2.65. The molecule has 0 spiro atoms. The van der Waals surface area contributed by atoms with E-state index in [4.69, 9.17) is 5.73 Å². The quantitative estimate of drug-likeness (QED) is 0.816. The van der Waals surface area contributed by atoms with E-state index in [-0.39, 0.29) is 0 Å². The third-order valence-corrected chi connectivity index (χ3v) is 4.61. The molecule has 17 heavy (non-hydrogen) atoms. The summed E-state index contributed by atoms with van der Waals surface area (Å²) in [7, 11) is 0. The molecule has 1 aliphatic heterocycles. The van der Waals surface area contributed by atoms with Gasteiger partial charge in [0.1, 0.15) is 0 Å². The summed E-state index contributed by atoms with van der Waals surface area (Å²) in [5.74, 6) is 0.839. The van der Waals surface area contributed by atoms with E-state index in [9.17, 15) is 0 Å². The Morgan fingerprint density at radius 2 is 1.94 bits per heavy atom. The van der Waals surface area contributed by atoms with Gasteiger partial charge < -0.3 is 10.6 Å². The predicted molar refractivity (Wildman–Crippen MR) is 74.0 cm³/mol. The van der Waals surface area contributed by atoms with Crippen molar-refractivity contribution in [1.29, 1.82) is 0 Å². The smallest absolute Gasteiger partial charge is 0.0168 e. The summed E-state index contributed by atoms with van der Waals surface area (Å²) in [5.41, 5.74) is 6.73. The van der Waals surface area contributed by atoms with E-state index in [0.717, 1.165) is 12.5 Å². The average Bonchev–Trinajstić information content (AvgIpc) is 2.65. The molecule has 0 aromatic rings. The lowest BCUT2D eigenvalue weighted by Crippen LogP contribution is -2.47. The third-order valence-electron chi connectivity index (χ3n) is 4.61. The zero-order valence-electron chi connectivity index (χ0n) is 11.8. The highest BCUT2D eigenvalue weighted by Gasteiger charge is 2.36. The van der Waals surface area contributed by atoms with Crippen LogP contribution in [0.5, 0.6) is 0 Å². The predicted octanol–water partition coefficient (Wildman–Crippen LogP) is 3.02. The highest BCUT2D eigenvalue weighted by molar-refractivity contribution is 4.90. The van der Waals surface area contributed by atoms with E-state index in [2.05, 4.69) is 18.7 Å². The van der Waals surface area contributed by atoms with Gasteiger partial charge in [0.2, 0.25) is 0 Å². The maximum Gasteiger partial charge on any atom is 0.0168 e. The summed E-state index contributed by atoms with van der Waals surface area (Å²) in [6.07, 6.45) is 9.76. The third kappa shape index (κ3) is 3.69. The van der Waals surface area contributed by atoms with Crippen LogP contribution in [0.3, 0.4) is 0 Å². The van der Waals surface area contributed by atoms with Crippen LogP contribution in [-0.4, -0.2) is 30.6 Å². The maximum atomic E-state index is 6.10. The summed E-state index contributed by atoms with van der Waals surface area (Å²) in [6.45, 7) is 8.50. The summed E-state index contributed by atoms with van der Waals surface area (Å²) in [5, 5.41) is 0. The number of nitrogens with two attached hydrogens (primary N) is 1. The van der Waals surface area contributed by atoms with Crippen LogP contribution in [0.2, 0.25) is 0 Å². The first-order valence-electron chi connectivity index (χ1n) is 7.58. The molecule has 0 aromatic carbocycles. The van der Waals surface area contributed by atoms with Gasteiger partial charge in [-0.1, -0.05) is 26.7 Å². The van der Waals surface area contributed by atoms with Crippen LogP contribution in [0.25, 0.3) is 0 Å². The Hall–Kier alpha value is -0.0800. The number of hydrogen-bond acceptors (Lipinski definition) is 2. The molecule has 1 atom stereocenters. The minimum atomic E-state index is 0.432. The van der Waals surface area contributed by atoms with Crippen molar-refractivity contribution in [2.24, 2.45) is 17.1 Å². The van der Waals surface area contributed by atoms with Crippen LogP contribution in [0.15, 0.2) is 0 Å². The lowest BCUT2D eigenvalue weighted by atomic mass is 9.77. The zero-order valence-corrected chi connectivity index (χ0v) is 11.8. The molecule has 0 aromatic heterocycles. The fraction of sp³-hybridized carbons (Fsp3) is 1.00. The van der Waals surface area contributed by atoms with Gasteiger partial charge in [-0.3, -0.25) is 0 Å². The molecule has 0 radical (unpaired) electrons. The molecule has 2 fully saturated rings.